The van der Waals surface area contributed by atoms with Crippen LogP contribution in [0.4, 0.5) is 0 Å². The van der Waals surface area contributed by atoms with E-state index in [2.05, 4.69) is 6.92 Å². The molecule has 168 valence electrons. The average molecular weight is 451 g/mol. The Balaban J connectivity index is 2.22. The van der Waals surface area contributed by atoms with Crippen molar-refractivity contribution >= 4 is 23.7 Å². The fourth-order valence-electron chi connectivity index (χ4n) is 4.11. The lowest BCUT2D eigenvalue weighted by molar-refractivity contribution is -0.146. The molecule has 0 saturated carbocycles. The van der Waals surface area contributed by atoms with Gasteiger partial charge in [0, 0.05) is 17.5 Å². The first-order chi connectivity index (χ1) is 15.5. The third-order valence-electron chi connectivity index (χ3n) is 5.69. The first kappa shape index (κ1) is 23.8. The van der Waals surface area contributed by atoms with Crippen LogP contribution in [0.5, 0.6) is 5.75 Å². The van der Waals surface area contributed by atoms with E-state index in [4.69, 9.17) is 9.47 Å². The molecule has 3 rings (SSSR count). The van der Waals surface area contributed by atoms with Crippen molar-refractivity contribution in [2.24, 2.45) is 0 Å². The summed E-state index contributed by atoms with van der Waals surface area (Å²) in [6, 6.07) is 26.7. The van der Waals surface area contributed by atoms with Crippen molar-refractivity contribution in [3.8, 4) is 5.75 Å². The minimum atomic E-state index is -3.17. The lowest BCUT2D eigenvalue weighted by atomic mass is 10.0. The van der Waals surface area contributed by atoms with Crippen molar-refractivity contribution in [2.75, 3.05) is 7.11 Å². The van der Waals surface area contributed by atoms with Crippen LogP contribution in [0.3, 0.4) is 0 Å². The van der Waals surface area contributed by atoms with Crippen LogP contribution in [0.15, 0.2) is 84.9 Å². The topological polar surface area (TPSA) is 52.6 Å². The minimum Gasteiger partial charge on any atom is -0.497 e. The van der Waals surface area contributed by atoms with Gasteiger partial charge < -0.3 is 14.0 Å². The molecule has 0 amide bonds. The molecule has 0 aliphatic rings. The third kappa shape index (κ3) is 5.31. The van der Waals surface area contributed by atoms with Gasteiger partial charge in [0.2, 0.25) is 0 Å². The van der Waals surface area contributed by atoms with E-state index in [0.29, 0.717) is 6.42 Å². The molecule has 0 bridgehead atoms. The molecule has 0 heterocycles. The van der Waals surface area contributed by atoms with Crippen LogP contribution < -0.4 is 15.3 Å². The predicted octanol–water partition coefficient (Wildman–Crippen LogP) is 5.87. The summed E-state index contributed by atoms with van der Waals surface area (Å²) in [4.78, 5) is 12.2. The Kier molecular flexibility index (Phi) is 8.30. The van der Waals surface area contributed by atoms with E-state index in [9.17, 15) is 4.79 Å². The average Bonchev–Trinajstić information content (AvgIpc) is 2.84. The maximum Gasteiger partial charge on any atom is 0.303 e. The zero-order valence-corrected chi connectivity index (χ0v) is 19.8. The van der Waals surface area contributed by atoms with Crippen LogP contribution in [0.2, 0.25) is 0 Å². The molecule has 0 N–H and O–H groups in total. The van der Waals surface area contributed by atoms with Gasteiger partial charge in [0.25, 0.3) is 0 Å². The van der Waals surface area contributed by atoms with E-state index in [1.807, 2.05) is 84.9 Å². The molecular weight excluding hydrogens is 419 g/mol. The largest absolute Gasteiger partial charge is 0.497 e. The molecule has 0 saturated heterocycles. The summed E-state index contributed by atoms with van der Waals surface area (Å²) in [6.45, 7) is 3.52. The zero-order chi connectivity index (χ0) is 23.0. The smallest absolute Gasteiger partial charge is 0.303 e. The Morgan fingerprint density at radius 1 is 0.875 bits per heavy atom. The highest BCUT2D eigenvalue weighted by atomic mass is 31.2. The highest BCUT2D eigenvalue weighted by molar-refractivity contribution is 7.79. The number of benzene rings is 3. The van der Waals surface area contributed by atoms with E-state index >= 15 is 4.57 Å². The maximum atomic E-state index is 15.1. The predicted molar refractivity (Wildman–Crippen MR) is 131 cm³/mol. The summed E-state index contributed by atoms with van der Waals surface area (Å²) in [5, 5.41) is 1.55. The van der Waals surface area contributed by atoms with Gasteiger partial charge in [0.15, 0.2) is 0 Å². The third-order valence-corrected chi connectivity index (χ3v) is 9.28. The molecule has 32 heavy (non-hydrogen) atoms. The Hall–Kier alpha value is -2.84. The number of methoxy groups -OCH3 is 1. The van der Waals surface area contributed by atoms with Gasteiger partial charge in [-0.25, -0.2) is 0 Å². The molecule has 0 spiro atoms. The number of rotatable bonds is 10. The van der Waals surface area contributed by atoms with Gasteiger partial charge >= 0.3 is 5.97 Å². The lowest BCUT2D eigenvalue weighted by Crippen LogP contribution is -2.32. The molecule has 4 nitrogen and oxygen atoms in total. The Morgan fingerprint density at radius 2 is 1.41 bits per heavy atom. The van der Waals surface area contributed by atoms with E-state index < -0.39 is 18.9 Å². The first-order valence-electron chi connectivity index (χ1n) is 11.0. The number of ether oxygens (including phenoxy) is 2. The molecule has 3 aromatic rings. The fraction of sp³-hybridized carbons (Fsp3) is 0.296. The lowest BCUT2D eigenvalue weighted by Gasteiger charge is -2.34. The van der Waals surface area contributed by atoms with Gasteiger partial charge in [-0.15, -0.1) is 0 Å². The number of hydrogen-bond donors (Lipinski definition) is 0. The van der Waals surface area contributed by atoms with Gasteiger partial charge in [-0.3, -0.25) is 4.79 Å². The van der Waals surface area contributed by atoms with Crippen molar-refractivity contribution < 1.29 is 18.8 Å². The van der Waals surface area contributed by atoms with Gasteiger partial charge in [-0.05, 0) is 24.1 Å². The molecule has 0 aliphatic carbocycles. The summed E-state index contributed by atoms with van der Waals surface area (Å²) < 4.78 is 26.3. The van der Waals surface area contributed by atoms with Crippen molar-refractivity contribution in [1.29, 1.82) is 0 Å². The van der Waals surface area contributed by atoms with Crippen LogP contribution in [-0.4, -0.2) is 18.7 Å². The standard InChI is InChI=1S/C27H31O4P/c1-4-5-16-26(27(31-21(2)28)22-17-19-23(30-3)20-18-22)32(29,24-12-8-6-9-13-24)25-14-10-7-11-15-25/h6-15,17-20,26-27H,4-5,16H2,1-3H3/t26-,27+/m1/s1. The molecule has 2 atom stereocenters. The van der Waals surface area contributed by atoms with Crippen molar-refractivity contribution in [3.63, 3.8) is 0 Å². The summed E-state index contributed by atoms with van der Waals surface area (Å²) in [5.41, 5.74) is 0.415. The highest BCUT2D eigenvalue weighted by Crippen LogP contribution is 2.55. The number of hydrogen-bond acceptors (Lipinski definition) is 4. The quantitative estimate of drug-likeness (QED) is 0.286. The van der Waals surface area contributed by atoms with E-state index in [1.54, 1.807) is 7.11 Å². The molecule has 3 aromatic carbocycles. The van der Waals surface area contributed by atoms with Crippen LogP contribution in [-0.2, 0) is 14.1 Å². The molecule has 0 radical (unpaired) electrons. The van der Waals surface area contributed by atoms with Crippen molar-refractivity contribution in [2.45, 2.75) is 44.9 Å². The minimum absolute atomic E-state index is 0.389. The monoisotopic (exact) mass is 450 g/mol. The second-order valence-corrected chi connectivity index (χ2v) is 10.9. The molecule has 0 aliphatic heterocycles. The molecule has 0 unspecified atom stereocenters. The van der Waals surface area contributed by atoms with Crippen LogP contribution in [0.1, 0.15) is 44.8 Å². The van der Waals surface area contributed by atoms with Crippen LogP contribution in [0.25, 0.3) is 0 Å². The molecule has 5 heteroatoms. The first-order valence-corrected chi connectivity index (χ1v) is 12.8. The Morgan fingerprint density at radius 3 is 1.84 bits per heavy atom. The van der Waals surface area contributed by atoms with Crippen molar-refractivity contribution in [3.05, 3.63) is 90.5 Å². The van der Waals surface area contributed by atoms with Gasteiger partial charge in [-0.1, -0.05) is 92.6 Å². The summed E-state index contributed by atoms with van der Waals surface area (Å²) in [5.74, 6) is 0.328. The maximum absolute atomic E-state index is 15.1. The fourth-order valence-corrected chi connectivity index (χ4v) is 7.56. The molecule has 0 aromatic heterocycles. The van der Waals surface area contributed by atoms with Crippen LogP contribution >= 0.6 is 7.14 Å². The number of esters is 1. The second kappa shape index (κ2) is 11.2. The number of carbonyl (C=O) groups excluding carboxylic acids is 1. The number of unbranched alkanes of at least 4 members (excludes halogenated alkanes) is 1. The second-order valence-electron chi connectivity index (χ2n) is 7.84. The summed E-state index contributed by atoms with van der Waals surface area (Å²) in [7, 11) is -1.56. The highest BCUT2D eigenvalue weighted by Gasteiger charge is 2.43. The van der Waals surface area contributed by atoms with E-state index in [-0.39, 0.29) is 5.97 Å². The van der Waals surface area contributed by atoms with Crippen molar-refractivity contribution in [1.82, 2.24) is 0 Å². The van der Waals surface area contributed by atoms with Gasteiger partial charge in [0.05, 0.1) is 12.8 Å². The van der Waals surface area contributed by atoms with E-state index in [1.165, 1.54) is 6.92 Å². The SMILES string of the molecule is CCCC[C@H]([C@@H](OC(C)=O)c1ccc(OC)cc1)P(=O)(c1ccccc1)c1ccccc1. The summed E-state index contributed by atoms with van der Waals surface area (Å²) in [6.07, 6.45) is 1.86. The Bertz CT molecular complexity index is 989. The van der Waals surface area contributed by atoms with E-state index in [0.717, 1.165) is 34.8 Å². The van der Waals surface area contributed by atoms with Gasteiger partial charge in [-0.2, -0.15) is 0 Å². The molecule has 0 fully saturated rings. The van der Waals surface area contributed by atoms with Crippen LogP contribution in [0, 0.1) is 0 Å². The summed E-state index contributed by atoms with van der Waals surface area (Å²) >= 11 is 0. The zero-order valence-electron chi connectivity index (χ0n) is 18.9. The molecular formula is C27H31O4P. The number of carbonyl (C=O) groups is 1. The Labute approximate surface area is 191 Å². The van der Waals surface area contributed by atoms with Gasteiger partial charge in [0.1, 0.15) is 19.0 Å². The normalized spacial score (nSPS) is 13.2.